The number of aromatic nitrogens is 1. The van der Waals surface area contributed by atoms with Crippen LogP contribution < -0.4 is 4.74 Å². The van der Waals surface area contributed by atoms with Gasteiger partial charge in [-0.25, -0.2) is 13.4 Å². The lowest BCUT2D eigenvalue weighted by molar-refractivity contribution is 0.0821. The average molecular weight is 390 g/mol. The highest BCUT2D eigenvalue weighted by atomic mass is 32.2. The van der Waals surface area contributed by atoms with Gasteiger partial charge >= 0.3 is 0 Å². The van der Waals surface area contributed by atoms with Crippen LogP contribution in [0.1, 0.15) is 34.7 Å². The van der Waals surface area contributed by atoms with Gasteiger partial charge in [-0.2, -0.15) is 0 Å². The first-order chi connectivity index (χ1) is 12.7. The summed E-state index contributed by atoms with van der Waals surface area (Å²) in [5.74, 6) is 0.881. The third-order valence-electron chi connectivity index (χ3n) is 4.33. The second-order valence-electron chi connectivity index (χ2n) is 6.89. The fourth-order valence-corrected chi connectivity index (χ4v) is 3.19. The number of carbonyl (C=O) groups excluding carboxylic acids is 1. The van der Waals surface area contributed by atoms with Gasteiger partial charge in [-0.3, -0.25) is 4.79 Å². The first-order valence-corrected chi connectivity index (χ1v) is 10.4. The lowest BCUT2D eigenvalue weighted by atomic mass is 10.0. The van der Waals surface area contributed by atoms with Crippen molar-refractivity contribution in [2.24, 2.45) is 5.92 Å². The van der Waals surface area contributed by atoms with Crippen molar-refractivity contribution in [3.63, 3.8) is 0 Å². The molecule has 0 saturated heterocycles. The Morgan fingerprint density at radius 2 is 2.07 bits per heavy atom. The molecule has 1 amide bonds. The molecule has 0 aliphatic heterocycles. The van der Waals surface area contributed by atoms with Gasteiger partial charge in [-0.15, -0.1) is 0 Å². The normalized spacial score (nSPS) is 14.0. The molecule has 1 aliphatic carbocycles. The van der Waals surface area contributed by atoms with E-state index in [1.807, 2.05) is 0 Å². The van der Waals surface area contributed by atoms with Gasteiger partial charge in [-0.1, -0.05) is 6.58 Å². The minimum Gasteiger partial charge on any atom is -0.493 e. The lowest BCUT2D eigenvalue weighted by Crippen LogP contribution is -2.23. The zero-order valence-electron chi connectivity index (χ0n) is 15.6. The molecule has 1 aliphatic rings. The quantitative estimate of drug-likeness (QED) is 0.722. The number of rotatable bonds is 7. The second kappa shape index (κ2) is 7.19. The van der Waals surface area contributed by atoms with Crippen LogP contribution in [0.4, 0.5) is 0 Å². The summed E-state index contributed by atoms with van der Waals surface area (Å²) in [6, 6.07) is 4.61. The Morgan fingerprint density at radius 1 is 1.37 bits per heavy atom. The number of benzene rings is 1. The summed E-state index contributed by atoms with van der Waals surface area (Å²) < 4.78 is 35.2. The monoisotopic (exact) mass is 390 g/mol. The molecule has 0 bridgehead atoms. The van der Waals surface area contributed by atoms with E-state index < -0.39 is 9.84 Å². The summed E-state index contributed by atoms with van der Waals surface area (Å²) >= 11 is 0. The fourth-order valence-electron chi connectivity index (χ4n) is 2.54. The van der Waals surface area contributed by atoms with E-state index in [-0.39, 0.29) is 22.3 Å². The molecule has 27 heavy (non-hydrogen) atoms. The summed E-state index contributed by atoms with van der Waals surface area (Å²) in [6.07, 6.45) is 4.56. The largest absolute Gasteiger partial charge is 0.493 e. The van der Waals surface area contributed by atoms with Gasteiger partial charge in [0, 0.05) is 31.5 Å². The van der Waals surface area contributed by atoms with Crippen molar-refractivity contribution in [3.05, 3.63) is 48.2 Å². The molecular formula is C19H22N2O5S. The Bertz CT molecular complexity index is 987. The SMILES string of the molecule is C=C(c1cc(S(C)(=O)=O)ccc1OCC1CC1)c1ocnc1C(=O)N(C)C. The lowest BCUT2D eigenvalue weighted by Gasteiger charge is -2.15. The number of amides is 1. The van der Waals surface area contributed by atoms with Gasteiger partial charge < -0.3 is 14.1 Å². The van der Waals surface area contributed by atoms with Crippen LogP contribution in [-0.2, 0) is 9.84 Å². The average Bonchev–Trinajstić information content (AvgIpc) is 3.31. The molecule has 0 spiro atoms. The van der Waals surface area contributed by atoms with E-state index in [2.05, 4.69) is 11.6 Å². The zero-order valence-corrected chi connectivity index (χ0v) is 16.4. The summed E-state index contributed by atoms with van der Waals surface area (Å²) in [6.45, 7) is 4.57. The van der Waals surface area contributed by atoms with Crippen LogP contribution >= 0.6 is 0 Å². The Labute approximate surface area is 158 Å². The molecular weight excluding hydrogens is 368 g/mol. The van der Waals surface area contributed by atoms with E-state index in [4.69, 9.17) is 9.15 Å². The number of sulfone groups is 1. The van der Waals surface area contributed by atoms with Crippen molar-refractivity contribution in [2.75, 3.05) is 27.0 Å². The zero-order chi connectivity index (χ0) is 19.8. The highest BCUT2D eigenvalue weighted by Gasteiger charge is 2.26. The van der Waals surface area contributed by atoms with Crippen LogP contribution in [0.3, 0.4) is 0 Å². The van der Waals surface area contributed by atoms with Crippen LogP contribution in [0, 0.1) is 5.92 Å². The van der Waals surface area contributed by atoms with E-state index in [9.17, 15) is 13.2 Å². The fraction of sp³-hybridized carbons (Fsp3) is 0.368. The topological polar surface area (TPSA) is 89.7 Å². The van der Waals surface area contributed by atoms with E-state index >= 15 is 0 Å². The number of ether oxygens (including phenoxy) is 1. The van der Waals surface area contributed by atoms with Crippen LogP contribution in [0.2, 0.25) is 0 Å². The van der Waals surface area contributed by atoms with Crippen molar-refractivity contribution in [1.29, 1.82) is 0 Å². The molecule has 8 heteroatoms. The van der Waals surface area contributed by atoms with Gasteiger partial charge in [0.05, 0.1) is 11.5 Å². The maximum Gasteiger partial charge on any atom is 0.275 e. The molecule has 7 nitrogen and oxygen atoms in total. The third-order valence-corrected chi connectivity index (χ3v) is 5.44. The summed E-state index contributed by atoms with van der Waals surface area (Å²) in [5.41, 5.74) is 0.917. The maximum atomic E-state index is 12.3. The molecule has 0 unspecified atom stereocenters. The van der Waals surface area contributed by atoms with Crippen molar-refractivity contribution < 1.29 is 22.4 Å². The van der Waals surface area contributed by atoms with Gasteiger partial charge in [0.25, 0.3) is 5.91 Å². The van der Waals surface area contributed by atoms with Crippen LogP contribution in [0.5, 0.6) is 5.75 Å². The van der Waals surface area contributed by atoms with Gasteiger partial charge in [-0.05, 0) is 37.0 Å². The molecule has 2 aromatic rings. The van der Waals surface area contributed by atoms with E-state index in [0.29, 0.717) is 29.4 Å². The summed E-state index contributed by atoms with van der Waals surface area (Å²) in [4.78, 5) is 17.8. The molecule has 1 heterocycles. The van der Waals surface area contributed by atoms with Crippen LogP contribution in [0.25, 0.3) is 5.57 Å². The molecule has 0 N–H and O–H groups in total. The number of hydrogen-bond donors (Lipinski definition) is 0. The number of hydrogen-bond acceptors (Lipinski definition) is 6. The number of nitrogens with zero attached hydrogens (tertiary/aromatic N) is 2. The first-order valence-electron chi connectivity index (χ1n) is 8.50. The van der Waals surface area contributed by atoms with Gasteiger partial charge in [0.2, 0.25) is 0 Å². The summed E-state index contributed by atoms with van der Waals surface area (Å²) in [5, 5.41) is 0. The van der Waals surface area contributed by atoms with E-state index in [1.165, 1.54) is 23.4 Å². The highest BCUT2D eigenvalue weighted by molar-refractivity contribution is 7.90. The molecule has 1 saturated carbocycles. The molecule has 1 aromatic carbocycles. The van der Waals surface area contributed by atoms with Crippen molar-refractivity contribution in [3.8, 4) is 5.75 Å². The predicted octanol–water partition coefficient (Wildman–Crippen LogP) is 2.63. The smallest absolute Gasteiger partial charge is 0.275 e. The van der Waals surface area contributed by atoms with E-state index in [1.54, 1.807) is 20.2 Å². The molecule has 1 aromatic heterocycles. The third kappa shape index (κ3) is 4.21. The van der Waals surface area contributed by atoms with E-state index in [0.717, 1.165) is 19.1 Å². The van der Waals surface area contributed by atoms with Crippen LogP contribution in [0.15, 0.2) is 40.5 Å². The Hall–Kier alpha value is -2.61. The summed E-state index contributed by atoms with van der Waals surface area (Å²) in [7, 11) is -0.203. The van der Waals surface area contributed by atoms with Crippen molar-refractivity contribution in [2.45, 2.75) is 17.7 Å². The second-order valence-corrected chi connectivity index (χ2v) is 8.91. The standard InChI is InChI=1S/C19H22N2O5S/c1-12(18-17(20-11-26-18)19(22)21(2)3)15-9-14(27(4,23)24)7-8-16(15)25-10-13-5-6-13/h7-9,11,13H,1,5-6,10H2,2-4H3. The van der Waals surface area contributed by atoms with Crippen LogP contribution in [-0.4, -0.2) is 51.2 Å². The minimum atomic E-state index is -3.42. The molecule has 144 valence electrons. The van der Waals surface area contributed by atoms with Gasteiger partial charge in [0.15, 0.2) is 27.7 Å². The van der Waals surface area contributed by atoms with Crippen molar-refractivity contribution >= 4 is 21.3 Å². The Balaban J connectivity index is 2.03. The molecule has 3 rings (SSSR count). The molecule has 1 fully saturated rings. The number of carbonyl (C=O) groups is 1. The number of oxazole rings is 1. The van der Waals surface area contributed by atoms with Crippen molar-refractivity contribution in [1.82, 2.24) is 9.88 Å². The predicted molar refractivity (Wildman–Crippen MR) is 100 cm³/mol. The minimum absolute atomic E-state index is 0.114. The maximum absolute atomic E-state index is 12.3. The Kier molecular flexibility index (Phi) is 5.10. The Morgan fingerprint density at radius 3 is 2.67 bits per heavy atom. The molecule has 0 atom stereocenters. The molecule has 0 radical (unpaired) electrons. The van der Waals surface area contributed by atoms with Gasteiger partial charge in [0.1, 0.15) is 5.75 Å². The highest BCUT2D eigenvalue weighted by Crippen LogP contribution is 2.36. The first kappa shape index (κ1) is 19.2.